The highest BCUT2D eigenvalue weighted by Gasteiger charge is 2.20. The van der Waals surface area contributed by atoms with E-state index in [2.05, 4.69) is 16.1 Å². The number of nitrogens with one attached hydrogen (secondary N) is 2. The summed E-state index contributed by atoms with van der Waals surface area (Å²) >= 11 is 0. The molecule has 0 radical (unpaired) electrons. The number of anilines is 2. The largest absolute Gasteiger partial charge is 0.493 e. The van der Waals surface area contributed by atoms with Crippen molar-refractivity contribution in [2.75, 3.05) is 29.9 Å². The number of nitrogens with zero attached hydrogens (tertiary/aromatic N) is 1. The van der Waals surface area contributed by atoms with Crippen LogP contribution in [0.4, 0.5) is 11.4 Å². The molecule has 0 aliphatic carbocycles. The van der Waals surface area contributed by atoms with E-state index in [9.17, 15) is 13.2 Å². The van der Waals surface area contributed by atoms with Crippen LogP contribution in [-0.2, 0) is 10.0 Å². The minimum Gasteiger partial charge on any atom is -0.493 e. The molecule has 3 aromatic carbocycles. The summed E-state index contributed by atoms with van der Waals surface area (Å²) in [5.41, 5.74) is 1.03. The molecule has 4 rings (SSSR count). The summed E-state index contributed by atoms with van der Waals surface area (Å²) in [6.07, 6.45) is 1.02. The summed E-state index contributed by atoms with van der Waals surface area (Å²) in [6.45, 7) is 1.15. The zero-order valence-electron chi connectivity index (χ0n) is 18.7. The second-order valence-electron chi connectivity index (χ2n) is 7.58. The van der Waals surface area contributed by atoms with Crippen LogP contribution < -0.4 is 24.2 Å². The summed E-state index contributed by atoms with van der Waals surface area (Å²) in [7, 11) is -3.92. The fourth-order valence-corrected chi connectivity index (χ4v) is 4.40. The summed E-state index contributed by atoms with van der Waals surface area (Å²) in [5.74, 6) is 1.02. The van der Waals surface area contributed by atoms with Gasteiger partial charge in [-0.3, -0.25) is 9.52 Å². The van der Waals surface area contributed by atoms with Crippen molar-refractivity contribution in [2.45, 2.75) is 17.7 Å². The first-order valence-electron chi connectivity index (χ1n) is 10.9. The SMILES string of the molecule is N#CCCCOc1cccc(NC(=O)c2cccc(NS(=O)(=O)c3ccc4c(c3)OCCO4)c2)c1. The first kappa shape index (κ1) is 23.9. The van der Waals surface area contributed by atoms with E-state index < -0.39 is 15.9 Å². The van der Waals surface area contributed by atoms with Gasteiger partial charge < -0.3 is 19.5 Å². The van der Waals surface area contributed by atoms with Crippen molar-refractivity contribution < 1.29 is 27.4 Å². The lowest BCUT2D eigenvalue weighted by Gasteiger charge is -2.19. The lowest BCUT2D eigenvalue weighted by molar-refractivity contribution is 0.102. The summed E-state index contributed by atoms with van der Waals surface area (Å²) in [4.78, 5) is 12.8. The van der Waals surface area contributed by atoms with E-state index in [0.717, 1.165) is 0 Å². The molecule has 9 nitrogen and oxygen atoms in total. The smallest absolute Gasteiger partial charge is 0.262 e. The Morgan fingerprint density at radius 1 is 0.971 bits per heavy atom. The highest BCUT2D eigenvalue weighted by Crippen LogP contribution is 2.32. The molecule has 2 N–H and O–H groups in total. The van der Waals surface area contributed by atoms with Crippen LogP contribution in [0.2, 0.25) is 0 Å². The van der Waals surface area contributed by atoms with Gasteiger partial charge in [0.05, 0.1) is 17.6 Å². The van der Waals surface area contributed by atoms with E-state index >= 15 is 0 Å². The van der Waals surface area contributed by atoms with E-state index in [1.165, 1.54) is 18.2 Å². The molecule has 0 aromatic heterocycles. The van der Waals surface area contributed by atoms with Crippen LogP contribution in [0.1, 0.15) is 23.2 Å². The number of rotatable bonds is 9. The monoisotopic (exact) mass is 493 g/mol. The number of carbonyl (C=O) groups is 1. The molecule has 0 atom stereocenters. The van der Waals surface area contributed by atoms with Gasteiger partial charge >= 0.3 is 0 Å². The van der Waals surface area contributed by atoms with Crippen LogP contribution in [0.5, 0.6) is 17.2 Å². The van der Waals surface area contributed by atoms with Crippen LogP contribution in [0, 0.1) is 11.3 Å². The molecule has 1 amide bonds. The molecule has 0 saturated heterocycles. The average Bonchev–Trinajstić information content (AvgIpc) is 2.86. The van der Waals surface area contributed by atoms with Crippen LogP contribution in [0.25, 0.3) is 0 Å². The molecule has 35 heavy (non-hydrogen) atoms. The minimum atomic E-state index is -3.92. The number of fused-ring (bicyclic) bond motifs is 1. The third-order valence-electron chi connectivity index (χ3n) is 4.99. The fourth-order valence-electron chi connectivity index (χ4n) is 3.34. The standard InChI is InChI=1S/C25H23N3O6S/c26-11-1-2-12-32-21-8-4-6-19(16-21)27-25(29)18-5-3-7-20(15-18)28-35(30,31)22-9-10-23-24(17-22)34-14-13-33-23/h3-10,15-17,28H,1-2,12-14H2,(H,27,29). The van der Waals surface area contributed by atoms with Gasteiger partial charge in [-0.05, 0) is 48.9 Å². The van der Waals surface area contributed by atoms with Crippen molar-refractivity contribution in [3.63, 3.8) is 0 Å². The summed E-state index contributed by atoms with van der Waals surface area (Å²) < 4.78 is 44.8. The maximum Gasteiger partial charge on any atom is 0.262 e. The molecule has 0 saturated carbocycles. The van der Waals surface area contributed by atoms with Crippen molar-refractivity contribution in [1.82, 2.24) is 0 Å². The van der Waals surface area contributed by atoms with Crippen molar-refractivity contribution in [2.24, 2.45) is 0 Å². The van der Waals surface area contributed by atoms with E-state index in [4.69, 9.17) is 19.5 Å². The van der Waals surface area contributed by atoms with Gasteiger partial charge in [0.2, 0.25) is 0 Å². The maximum absolute atomic E-state index is 12.9. The fraction of sp³-hybridized carbons (Fsp3) is 0.200. The van der Waals surface area contributed by atoms with Crippen LogP contribution in [0.3, 0.4) is 0 Å². The number of benzene rings is 3. The average molecular weight is 494 g/mol. The Morgan fingerprint density at radius 3 is 2.57 bits per heavy atom. The normalized spacial score (nSPS) is 12.3. The molecule has 1 aliphatic rings. The van der Waals surface area contributed by atoms with Crippen LogP contribution in [0.15, 0.2) is 71.6 Å². The number of ether oxygens (including phenoxy) is 3. The van der Waals surface area contributed by atoms with Crippen molar-refractivity contribution in [1.29, 1.82) is 5.26 Å². The molecule has 1 aliphatic heterocycles. The summed E-state index contributed by atoms with van der Waals surface area (Å²) in [5, 5.41) is 11.4. The molecular weight excluding hydrogens is 470 g/mol. The first-order valence-corrected chi connectivity index (χ1v) is 12.4. The Kier molecular flexibility index (Phi) is 7.38. The van der Waals surface area contributed by atoms with Gasteiger partial charge in [-0.1, -0.05) is 12.1 Å². The van der Waals surface area contributed by atoms with Gasteiger partial charge in [0.1, 0.15) is 19.0 Å². The second kappa shape index (κ2) is 10.8. The molecule has 0 bridgehead atoms. The maximum atomic E-state index is 12.9. The number of unbranched alkanes of at least 4 members (excludes halogenated alkanes) is 1. The molecule has 0 unspecified atom stereocenters. The Morgan fingerprint density at radius 2 is 1.74 bits per heavy atom. The molecule has 3 aromatic rings. The van der Waals surface area contributed by atoms with Gasteiger partial charge in [0.15, 0.2) is 11.5 Å². The van der Waals surface area contributed by atoms with Crippen LogP contribution in [-0.4, -0.2) is 34.1 Å². The van der Waals surface area contributed by atoms with Crippen molar-refractivity contribution in [3.8, 4) is 23.3 Å². The minimum absolute atomic E-state index is 0.0168. The number of sulfonamides is 1. The molecule has 10 heteroatoms. The number of carbonyl (C=O) groups excluding carboxylic acids is 1. The lowest BCUT2D eigenvalue weighted by atomic mass is 10.2. The molecular formula is C25H23N3O6S. The van der Waals surface area contributed by atoms with Gasteiger partial charge in [-0.2, -0.15) is 5.26 Å². The van der Waals surface area contributed by atoms with Gasteiger partial charge in [-0.15, -0.1) is 0 Å². The Labute approximate surface area is 203 Å². The van der Waals surface area contributed by atoms with E-state index in [1.807, 2.05) is 0 Å². The molecule has 1 heterocycles. The van der Waals surface area contributed by atoms with Crippen molar-refractivity contribution >= 4 is 27.3 Å². The predicted molar refractivity (Wildman–Crippen MR) is 129 cm³/mol. The topological polar surface area (TPSA) is 127 Å². The quantitative estimate of drug-likeness (QED) is 0.428. The zero-order valence-corrected chi connectivity index (χ0v) is 19.5. The van der Waals surface area contributed by atoms with Crippen molar-refractivity contribution in [3.05, 3.63) is 72.3 Å². The first-order chi connectivity index (χ1) is 16.9. The Bertz CT molecular complexity index is 1370. The Balaban J connectivity index is 1.43. The van der Waals surface area contributed by atoms with E-state index in [1.54, 1.807) is 48.5 Å². The third-order valence-corrected chi connectivity index (χ3v) is 6.37. The molecule has 0 fully saturated rings. The summed E-state index contributed by atoms with van der Waals surface area (Å²) in [6, 6.07) is 19.5. The van der Waals surface area contributed by atoms with E-state index in [0.29, 0.717) is 55.6 Å². The molecule has 180 valence electrons. The third kappa shape index (κ3) is 6.22. The van der Waals surface area contributed by atoms with Gasteiger partial charge in [0.25, 0.3) is 15.9 Å². The number of amides is 1. The number of hydrogen-bond acceptors (Lipinski definition) is 7. The van der Waals surface area contributed by atoms with E-state index in [-0.39, 0.29) is 16.1 Å². The van der Waals surface area contributed by atoms with Crippen LogP contribution >= 0.6 is 0 Å². The Hall–Kier alpha value is -4.23. The number of hydrogen-bond donors (Lipinski definition) is 2. The molecule has 0 spiro atoms. The highest BCUT2D eigenvalue weighted by molar-refractivity contribution is 7.92. The van der Waals surface area contributed by atoms with Gasteiger partial charge in [-0.25, -0.2) is 8.42 Å². The zero-order chi connectivity index (χ0) is 24.7. The highest BCUT2D eigenvalue weighted by atomic mass is 32.2. The van der Waals surface area contributed by atoms with Gasteiger partial charge in [0, 0.05) is 35.5 Å². The number of nitriles is 1. The predicted octanol–water partition coefficient (Wildman–Crippen LogP) is 4.19. The second-order valence-corrected chi connectivity index (χ2v) is 9.27. The lowest BCUT2D eigenvalue weighted by Crippen LogP contribution is -2.17.